The fourth-order valence-corrected chi connectivity index (χ4v) is 1.63. The average molecular weight is 241 g/mol. The molecular weight excluding hydrogens is 226 g/mol. The third kappa shape index (κ3) is 3.10. The van der Waals surface area contributed by atoms with Crippen molar-refractivity contribution in [2.45, 2.75) is 13.5 Å². The molecule has 2 rings (SSSR count). The number of hydrogen-bond acceptors (Lipinski definition) is 3. The van der Waals surface area contributed by atoms with Gasteiger partial charge in [-0.3, -0.25) is 0 Å². The van der Waals surface area contributed by atoms with Gasteiger partial charge in [0.15, 0.2) is 0 Å². The summed E-state index contributed by atoms with van der Waals surface area (Å²) in [5, 5.41) is 11.6. The van der Waals surface area contributed by atoms with Crippen LogP contribution in [0.3, 0.4) is 0 Å². The van der Waals surface area contributed by atoms with Crippen molar-refractivity contribution in [1.82, 2.24) is 0 Å². The van der Waals surface area contributed by atoms with Crippen molar-refractivity contribution in [2.24, 2.45) is 5.16 Å². The third-order valence-electron chi connectivity index (χ3n) is 2.63. The van der Waals surface area contributed by atoms with Crippen LogP contribution in [0.15, 0.2) is 53.7 Å². The summed E-state index contributed by atoms with van der Waals surface area (Å²) in [4.78, 5) is 0. The zero-order chi connectivity index (χ0) is 12.8. The first kappa shape index (κ1) is 12.2. The quantitative estimate of drug-likeness (QED) is 0.506. The van der Waals surface area contributed by atoms with Gasteiger partial charge in [0.25, 0.3) is 0 Å². The van der Waals surface area contributed by atoms with Gasteiger partial charge in [0.05, 0.1) is 6.21 Å². The summed E-state index contributed by atoms with van der Waals surface area (Å²) in [7, 11) is 0. The van der Waals surface area contributed by atoms with Crippen molar-refractivity contribution in [3.63, 3.8) is 0 Å². The highest BCUT2D eigenvalue weighted by atomic mass is 16.5. The minimum atomic E-state index is 0.497. The molecular formula is C15H15NO2. The van der Waals surface area contributed by atoms with Gasteiger partial charge in [0.2, 0.25) is 0 Å². The van der Waals surface area contributed by atoms with Crippen molar-refractivity contribution in [1.29, 1.82) is 0 Å². The largest absolute Gasteiger partial charge is 0.488 e. The van der Waals surface area contributed by atoms with Crippen LogP contribution in [-0.2, 0) is 6.61 Å². The van der Waals surface area contributed by atoms with E-state index in [4.69, 9.17) is 9.94 Å². The highest BCUT2D eigenvalue weighted by molar-refractivity contribution is 5.82. The molecule has 0 unspecified atom stereocenters. The summed E-state index contributed by atoms with van der Waals surface area (Å²) in [5.74, 6) is 0.705. The topological polar surface area (TPSA) is 41.8 Å². The molecule has 2 aromatic carbocycles. The van der Waals surface area contributed by atoms with E-state index in [-0.39, 0.29) is 0 Å². The molecule has 0 amide bonds. The molecule has 18 heavy (non-hydrogen) atoms. The van der Waals surface area contributed by atoms with Crippen molar-refractivity contribution < 1.29 is 9.94 Å². The van der Waals surface area contributed by atoms with E-state index < -0.39 is 0 Å². The molecule has 3 nitrogen and oxygen atoms in total. The third-order valence-corrected chi connectivity index (χ3v) is 2.63. The van der Waals surface area contributed by atoms with Crippen LogP contribution in [0.1, 0.15) is 16.7 Å². The number of para-hydroxylation sites is 1. The SMILES string of the molecule is Cc1ccc(COc2ccccc2/C=N\O)cc1. The number of nitrogens with zero attached hydrogens (tertiary/aromatic N) is 1. The Morgan fingerprint density at radius 1 is 1.11 bits per heavy atom. The van der Waals surface area contributed by atoms with Crippen LogP contribution in [0, 0.1) is 6.92 Å². The second-order valence-corrected chi connectivity index (χ2v) is 4.06. The molecule has 0 aliphatic rings. The van der Waals surface area contributed by atoms with E-state index in [1.54, 1.807) is 0 Å². The fourth-order valence-electron chi connectivity index (χ4n) is 1.63. The van der Waals surface area contributed by atoms with E-state index in [1.165, 1.54) is 11.8 Å². The molecule has 0 bridgehead atoms. The molecule has 0 aliphatic heterocycles. The van der Waals surface area contributed by atoms with Crippen LogP contribution in [0.25, 0.3) is 0 Å². The van der Waals surface area contributed by atoms with Crippen LogP contribution in [0.2, 0.25) is 0 Å². The smallest absolute Gasteiger partial charge is 0.128 e. The molecule has 1 N–H and O–H groups in total. The molecule has 0 spiro atoms. The zero-order valence-electron chi connectivity index (χ0n) is 10.2. The van der Waals surface area contributed by atoms with Crippen LogP contribution in [0.5, 0.6) is 5.75 Å². The van der Waals surface area contributed by atoms with E-state index >= 15 is 0 Å². The molecule has 2 aromatic rings. The van der Waals surface area contributed by atoms with Gasteiger partial charge in [0, 0.05) is 5.56 Å². The van der Waals surface area contributed by atoms with Gasteiger partial charge in [-0.15, -0.1) is 0 Å². The lowest BCUT2D eigenvalue weighted by Crippen LogP contribution is -1.98. The summed E-state index contributed by atoms with van der Waals surface area (Å²) in [6, 6.07) is 15.6. The predicted molar refractivity (Wildman–Crippen MR) is 71.3 cm³/mol. The Labute approximate surface area is 106 Å². The minimum Gasteiger partial charge on any atom is -0.488 e. The summed E-state index contributed by atoms with van der Waals surface area (Å²) >= 11 is 0. The maximum atomic E-state index is 8.57. The minimum absolute atomic E-state index is 0.497. The van der Waals surface area contributed by atoms with Gasteiger partial charge in [-0.2, -0.15) is 0 Å². The van der Waals surface area contributed by atoms with Crippen LogP contribution >= 0.6 is 0 Å². The Morgan fingerprint density at radius 3 is 2.56 bits per heavy atom. The number of hydrogen-bond donors (Lipinski definition) is 1. The lowest BCUT2D eigenvalue weighted by Gasteiger charge is -2.08. The van der Waals surface area contributed by atoms with Crippen molar-refractivity contribution in [2.75, 3.05) is 0 Å². The van der Waals surface area contributed by atoms with Gasteiger partial charge < -0.3 is 9.94 Å². The number of rotatable bonds is 4. The van der Waals surface area contributed by atoms with Gasteiger partial charge >= 0.3 is 0 Å². The van der Waals surface area contributed by atoms with Crippen LogP contribution in [0.4, 0.5) is 0 Å². The number of oxime groups is 1. The monoisotopic (exact) mass is 241 g/mol. The molecule has 0 saturated carbocycles. The van der Waals surface area contributed by atoms with Gasteiger partial charge in [0.1, 0.15) is 12.4 Å². The Hall–Kier alpha value is -2.29. The van der Waals surface area contributed by atoms with Gasteiger partial charge in [-0.1, -0.05) is 47.1 Å². The van der Waals surface area contributed by atoms with E-state index in [0.717, 1.165) is 11.1 Å². The summed E-state index contributed by atoms with van der Waals surface area (Å²) < 4.78 is 5.71. The zero-order valence-corrected chi connectivity index (χ0v) is 10.2. The number of benzene rings is 2. The lowest BCUT2D eigenvalue weighted by molar-refractivity contribution is 0.304. The van der Waals surface area contributed by atoms with Gasteiger partial charge in [-0.05, 0) is 24.6 Å². The Bertz CT molecular complexity index is 532. The molecule has 0 radical (unpaired) electrons. The van der Waals surface area contributed by atoms with E-state index in [0.29, 0.717) is 12.4 Å². The molecule has 92 valence electrons. The van der Waals surface area contributed by atoms with Crippen molar-refractivity contribution in [3.8, 4) is 5.75 Å². The Balaban J connectivity index is 2.08. The van der Waals surface area contributed by atoms with E-state index in [1.807, 2.05) is 36.4 Å². The van der Waals surface area contributed by atoms with E-state index in [2.05, 4.69) is 24.2 Å². The van der Waals surface area contributed by atoms with Crippen molar-refractivity contribution >= 4 is 6.21 Å². The number of aryl methyl sites for hydroxylation is 1. The van der Waals surface area contributed by atoms with Gasteiger partial charge in [-0.25, -0.2) is 0 Å². The molecule has 3 heteroatoms. The first-order valence-electron chi connectivity index (χ1n) is 5.74. The standard InChI is InChI=1S/C15H15NO2/c1-12-6-8-13(9-7-12)11-18-15-5-3-2-4-14(15)10-16-17/h2-10,17H,11H2,1H3/b16-10-. The Kier molecular flexibility index (Phi) is 3.97. The fraction of sp³-hybridized carbons (Fsp3) is 0.133. The second kappa shape index (κ2) is 5.87. The van der Waals surface area contributed by atoms with Crippen LogP contribution in [-0.4, -0.2) is 11.4 Å². The van der Waals surface area contributed by atoms with Crippen LogP contribution < -0.4 is 4.74 Å². The Morgan fingerprint density at radius 2 is 1.83 bits per heavy atom. The maximum Gasteiger partial charge on any atom is 0.128 e. The summed E-state index contributed by atoms with van der Waals surface area (Å²) in [6.45, 7) is 2.55. The number of ether oxygens (including phenoxy) is 1. The maximum absolute atomic E-state index is 8.57. The molecule has 0 saturated heterocycles. The van der Waals surface area contributed by atoms with E-state index in [9.17, 15) is 0 Å². The first-order chi connectivity index (χ1) is 8.79. The lowest BCUT2D eigenvalue weighted by atomic mass is 10.1. The molecule has 0 atom stereocenters. The first-order valence-corrected chi connectivity index (χ1v) is 5.74. The average Bonchev–Trinajstić information content (AvgIpc) is 2.40. The molecule has 0 heterocycles. The molecule has 0 aliphatic carbocycles. The predicted octanol–water partition coefficient (Wildman–Crippen LogP) is 3.38. The second-order valence-electron chi connectivity index (χ2n) is 4.06. The highest BCUT2D eigenvalue weighted by Crippen LogP contribution is 2.17. The normalized spacial score (nSPS) is 10.7. The summed E-state index contributed by atoms with van der Waals surface area (Å²) in [6.07, 6.45) is 1.37. The highest BCUT2D eigenvalue weighted by Gasteiger charge is 2.01. The van der Waals surface area contributed by atoms with Crippen molar-refractivity contribution in [3.05, 3.63) is 65.2 Å². The summed E-state index contributed by atoms with van der Waals surface area (Å²) in [5.41, 5.74) is 3.09. The molecule has 0 fully saturated rings. The molecule has 0 aromatic heterocycles.